The lowest BCUT2D eigenvalue weighted by atomic mass is 9.97. The first-order valence-electron chi connectivity index (χ1n) is 9.21. The van der Waals surface area contributed by atoms with E-state index >= 15 is 0 Å². The summed E-state index contributed by atoms with van der Waals surface area (Å²) >= 11 is 3.36. The van der Waals surface area contributed by atoms with Crippen LogP contribution in [-0.4, -0.2) is 26.5 Å². The van der Waals surface area contributed by atoms with E-state index in [1.807, 2.05) is 48.7 Å². The second kappa shape index (κ2) is 6.77. The minimum Gasteiger partial charge on any atom is -0.360 e. The molecule has 3 aromatic heterocycles. The number of thioether (sulfide) groups is 1. The second-order valence-electron chi connectivity index (χ2n) is 6.93. The first-order valence-corrected chi connectivity index (χ1v) is 11.0. The van der Waals surface area contributed by atoms with Gasteiger partial charge in [-0.2, -0.15) is 0 Å². The number of nitrogens with one attached hydrogen (secondary N) is 1. The molecule has 27 heavy (non-hydrogen) atoms. The molecule has 4 aromatic rings. The molecular weight excluding hydrogens is 374 g/mol. The van der Waals surface area contributed by atoms with Gasteiger partial charge in [0.05, 0.1) is 5.75 Å². The number of carbonyl (C=O) groups excluding carboxylic acids is 1. The zero-order chi connectivity index (χ0) is 18.4. The van der Waals surface area contributed by atoms with Crippen LogP contribution < -0.4 is 0 Å². The van der Waals surface area contributed by atoms with E-state index in [1.54, 1.807) is 11.8 Å². The van der Waals surface area contributed by atoms with Gasteiger partial charge in [-0.05, 0) is 44.2 Å². The van der Waals surface area contributed by atoms with E-state index < -0.39 is 0 Å². The molecule has 0 saturated heterocycles. The second-order valence-corrected chi connectivity index (χ2v) is 8.97. The fourth-order valence-corrected chi connectivity index (χ4v) is 6.20. The monoisotopic (exact) mass is 393 g/mol. The molecule has 3 heterocycles. The molecule has 136 valence electrons. The number of benzene rings is 1. The zero-order valence-electron chi connectivity index (χ0n) is 15.0. The average Bonchev–Trinajstić information content (AvgIpc) is 3.27. The standard InChI is InChI=1S/C21H19N3OS2/c1-12-23-20(19-14-7-3-5-9-18(14)27-21(19)24-12)26-11-17(25)15-10-22-16-8-4-2-6-13(15)16/h2,4,6,8,10,22H,3,5,7,9,11H2,1H3. The molecule has 4 nitrogen and oxygen atoms in total. The van der Waals surface area contributed by atoms with Crippen LogP contribution in [0.15, 0.2) is 35.5 Å². The number of aryl methyl sites for hydroxylation is 3. The number of hydrogen-bond donors (Lipinski definition) is 1. The summed E-state index contributed by atoms with van der Waals surface area (Å²) in [5.41, 5.74) is 3.17. The lowest BCUT2D eigenvalue weighted by Gasteiger charge is -2.11. The van der Waals surface area contributed by atoms with Crippen molar-refractivity contribution in [2.45, 2.75) is 37.6 Å². The van der Waals surface area contributed by atoms with Gasteiger partial charge >= 0.3 is 0 Å². The first kappa shape index (κ1) is 17.0. The molecular formula is C21H19N3OS2. The van der Waals surface area contributed by atoms with Crippen molar-refractivity contribution < 1.29 is 4.79 Å². The number of thiophene rings is 1. The Bertz CT molecular complexity index is 1180. The zero-order valence-corrected chi connectivity index (χ0v) is 16.7. The summed E-state index contributed by atoms with van der Waals surface area (Å²) in [4.78, 5) is 27.9. The first-order chi connectivity index (χ1) is 13.2. The highest BCUT2D eigenvalue weighted by Crippen LogP contribution is 2.39. The number of carbonyl (C=O) groups is 1. The van der Waals surface area contributed by atoms with E-state index in [0.717, 1.165) is 45.0 Å². The van der Waals surface area contributed by atoms with Gasteiger partial charge < -0.3 is 4.98 Å². The van der Waals surface area contributed by atoms with Gasteiger partial charge in [-0.15, -0.1) is 11.3 Å². The van der Waals surface area contributed by atoms with Gasteiger partial charge in [-0.3, -0.25) is 4.79 Å². The van der Waals surface area contributed by atoms with Gasteiger partial charge in [0.2, 0.25) is 0 Å². The number of aromatic nitrogens is 3. The molecule has 1 N–H and O–H groups in total. The van der Waals surface area contributed by atoms with E-state index in [9.17, 15) is 4.79 Å². The van der Waals surface area contributed by atoms with Crippen LogP contribution >= 0.6 is 23.1 Å². The van der Waals surface area contributed by atoms with Crippen LogP contribution in [0.3, 0.4) is 0 Å². The van der Waals surface area contributed by atoms with Crippen LogP contribution in [0, 0.1) is 6.92 Å². The quantitative estimate of drug-likeness (QED) is 0.289. The molecule has 0 fully saturated rings. The molecule has 0 atom stereocenters. The van der Waals surface area contributed by atoms with Crippen molar-refractivity contribution in [2.75, 3.05) is 5.75 Å². The van der Waals surface area contributed by atoms with Crippen LogP contribution in [0.2, 0.25) is 0 Å². The summed E-state index contributed by atoms with van der Waals surface area (Å²) in [6, 6.07) is 7.93. The number of rotatable bonds is 4. The Morgan fingerprint density at radius 3 is 3.00 bits per heavy atom. The summed E-state index contributed by atoms with van der Waals surface area (Å²) in [7, 11) is 0. The Labute approximate surface area is 165 Å². The number of aromatic amines is 1. The molecule has 1 aliphatic rings. The van der Waals surface area contributed by atoms with Crippen molar-refractivity contribution in [3.8, 4) is 0 Å². The minimum absolute atomic E-state index is 0.131. The van der Waals surface area contributed by atoms with E-state index in [1.165, 1.54) is 28.7 Å². The molecule has 0 amide bonds. The molecule has 0 radical (unpaired) electrons. The number of ketones is 1. The smallest absolute Gasteiger partial charge is 0.175 e. The normalized spacial score (nSPS) is 14.0. The average molecular weight is 394 g/mol. The number of Topliss-reactive ketones (excluding diaryl/α,β-unsaturated/α-hetero) is 1. The van der Waals surface area contributed by atoms with Crippen molar-refractivity contribution >= 4 is 50.0 Å². The van der Waals surface area contributed by atoms with Crippen LogP contribution in [0.25, 0.3) is 21.1 Å². The number of nitrogens with zero attached hydrogens (tertiary/aromatic N) is 2. The van der Waals surface area contributed by atoms with Crippen LogP contribution in [0.5, 0.6) is 0 Å². The highest BCUT2D eigenvalue weighted by atomic mass is 32.2. The van der Waals surface area contributed by atoms with Gasteiger partial charge in [0.15, 0.2) is 5.78 Å². The lowest BCUT2D eigenvalue weighted by Crippen LogP contribution is -2.03. The Morgan fingerprint density at radius 2 is 2.07 bits per heavy atom. The summed E-state index contributed by atoms with van der Waals surface area (Å²) in [5.74, 6) is 1.30. The van der Waals surface area contributed by atoms with Gasteiger partial charge in [0.1, 0.15) is 15.7 Å². The number of hydrogen-bond acceptors (Lipinski definition) is 5. The van der Waals surface area contributed by atoms with Crippen molar-refractivity contribution in [3.63, 3.8) is 0 Å². The lowest BCUT2D eigenvalue weighted by molar-refractivity contribution is 0.102. The van der Waals surface area contributed by atoms with Gasteiger partial charge in [-0.1, -0.05) is 30.0 Å². The fourth-order valence-electron chi connectivity index (χ4n) is 3.84. The fraction of sp³-hybridized carbons (Fsp3) is 0.286. The van der Waals surface area contributed by atoms with E-state index in [-0.39, 0.29) is 5.78 Å². The summed E-state index contributed by atoms with van der Waals surface area (Å²) < 4.78 is 0. The van der Waals surface area contributed by atoms with E-state index in [4.69, 9.17) is 4.98 Å². The highest BCUT2D eigenvalue weighted by Gasteiger charge is 2.21. The van der Waals surface area contributed by atoms with Crippen molar-refractivity contribution in [2.24, 2.45) is 0 Å². The predicted octanol–water partition coefficient (Wildman–Crippen LogP) is 5.33. The maximum Gasteiger partial charge on any atom is 0.175 e. The molecule has 0 unspecified atom stereocenters. The van der Waals surface area contributed by atoms with E-state index in [2.05, 4.69) is 9.97 Å². The maximum absolute atomic E-state index is 12.9. The van der Waals surface area contributed by atoms with Crippen LogP contribution in [-0.2, 0) is 12.8 Å². The Balaban J connectivity index is 1.48. The minimum atomic E-state index is 0.131. The molecule has 0 aliphatic heterocycles. The SMILES string of the molecule is Cc1nc(SCC(=O)c2c[nH]c3ccccc23)c2c3c(sc2n1)CCCC3. The van der Waals surface area contributed by atoms with Crippen LogP contribution in [0.1, 0.15) is 39.5 Å². The van der Waals surface area contributed by atoms with E-state index in [0.29, 0.717) is 5.75 Å². The summed E-state index contributed by atoms with van der Waals surface area (Å²) in [6.07, 6.45) is 6.55. The molecule has 1 aliphatic carbocycles. The third-order valence-electron chi connectivity index (χ3n) is 5.12. The molecule has 6 heteroatoms. The predicted molar refractivity (Wildman–Crippen MR) is 112 cm³/mol. The Morgan fingerprint density at radius 1 is 1.22 bits per heavy atom. The molecule has 5 rings (SSSR count). The maximum atomic E-state index is 12.9. The number of H-pyrrole nitrogens is 1. The third kappa shape index (κ3) is 2.97. The third-order valence-corrected chi connectivity index (χ3v) is 7.28. The summed E-state index contributed by atoms with van der Waals surface area (Å²) in [6.45, 7) is 1.93. The van der Waals surface area contributed by atoms with Gasteiger partial charge in [-0.25, -0.2) is 9.97 Å². The topological polar surface area (TPSA) is 58.6 Å². The number of para-hydroxylation sites is 1. The Kier molecular flexibility index (Phi) is 4.25. The highest BCUT2D eigenvalue weighted by molar-refractivity contribution is 8.00. The largest absolute Gasteiger partial charge is 0.360 e. The Hall–Kier alpha value is -2.18. The van der Waals surface area contributed by atoms with Crippen molar-refractivity contribution in [1.29, 1.82) is 0 Å². The molecule has 0 saturated carbocycles. The molecule has 1 aromatic carbocycles. The van der Waals surface area contributed by atoms with Crippen molar-refractivity contribution in [1.82, 2.24) is 15.0 Å². The van der Waals surface area contributed by atoms with Crippen molar-refractivity contribution in [3.05, 3.63) is 52.3 Å². The van der Waals surface area contributed by atoms with Gasteiger partial charge in [0.25, 0.3) is 0 Å². The summed E-state index contributed by atoms with van der Waals surface area (Å²) in [5, 5.41) is 3.14. The number of fused-ring (bicyclic) bond motifs is 4. The van der Waals surface area contributed by atoms with Crippen LogP contribution in [0.4, 0.5) is 0 Å². The molecule has 0 spiro atoms. The van der Waals surface area contributed by atoms with Gasteiger partial charge in [0, 0.05) is 32.9 Å². The molecule has 0 bridgehead atoms.